The maximum Gasteiger partial charge on any atom is 0.251 e. The normalized spacial score (nSPS) is 10.3. The molecule has 0 bridgehead atoms. The molecule has 2 aromatic rings. The first-order chi connectivity index (χ1) is 15.0. The largest absolute Gasteiger partial charge is 0.497 e. The van der Waals surface area contributed by atoms with Crippen LogP contribution in [0.3, 0.4) is 0 Å². The van der Waals surface area contributed by atoms with Crippen molar-refractivity contribution in [1.29, 1.82) is 0 Å². The van der Waals surface area contributed by atoms with Gasteiger partial charge in [-0.05, 0) is 42.0 Å². The zero-order chi connectivity index (χ0) is 22.6. The third-order valence-electron chi connectivity index (χ3n) is 3.94. The molecule has 0 aliphatic heterocycles. The predicted molar refractivity (Wildman–Crippen MR) is 118 cm³/mol. The summed E-state index contributed by atoms with van der Waals surface area (Å²) in [7, 11) is 3.02. The summed E-state index contributed by atoms with van der Waals surface area (Å²) in [5.41, 5.74) is 3.44. The molecule has 0 aliphatic carbocycles. The van der Waals surface area contributed by atoms with Crippen molar-refractivity contribution in [1.82, 2.24) is 10.7 Å². The maximum absolute atomic E-state index is 12.1. The summed E-state index contributed by atoms with van der Waals surface area (Å²) in [6, 6.07) is 9.89. The van der Waals surface area contributed by atoms with E-state index in [0.717, 1.165) is 0 Å². The van der Waals surface area contributed by atoms with Crippen LogP contribution in [0, 0.1) is 12.3 Å². The van der Waals surface area contributed by atoms with Crippen molar-refractivity contribution in [2.24, 2.45) is 5.10 Å². The van der Waals surface area contributed by atoms with Gasteiger partial charge in [0.15, 0.2) is 11.5 Å². The third-order valence-corrected chi connectivity index (χ3v) is 4.23. The molecule has 0 heterocycles. The highest BCUT2D eigenvalue weighted by molar-refractivity contribution is 6.32. The van der Waals surface area contributed by atoms with Gasteiger partial charge in [-0.15, -0.1) is 6.42 Å². The Morgan fingerprint density at radius 1 is 1.19 bits per heavy atom. The lowest BCUT2D eigenvalue weighted by atomic mass is 10.2. The molecular weight excluding hydrogens is 422 g/mol. The van der Waals surface area contributed by atoms with Gasteiger partial charge < -0.3 is 19.5 Å². The van der Waals surface area contributed by atoms with Gasteiger partial charge in [-0.1, -0.05) is 17.5 Å². The number of hydrazone groups is 1. The number of rotatable bonds is 10. The van der Waals surface area contributed by atoms with Crippen molar-refractivity contribution in [3.63, 3.8) is 0 Å². The Bertz CT molecular complexity index is 984. The summed E-state index contributed by atoms with van der Waals surface area (Å²) < 4.78 is 15.7. The number of nitrogens with zero attached hydrogens (tertiary/aromatic N) is 1. The molecule has 0 saturated carbocycles. The number of halogens is 1. The SMILES string of the molecule is C#CCOc1c(Cl)cc(C=NNC(=O)CCNC(=O)c2ccc(OC)cc2)cc1OC. The van der Waals surface area contributed by atoms with E-state index in [4.69, 9.17) is 32.2 Å². The monoisotopic (exact) mass is 443 g/mol. The minimum atomic E-state index is -0.363. The van der Waals surface area contributed by atoms with Crippen LogP contribution in [-0.2, 0) is 4.79 Å². The predicted octanol–water partition coefficient (Wildman–Crippen LogP) is 2.64. The lowest BCUT2D eigenvalue weighted by Crippen LogP contribution is -2.29. The van der Waals surface area contributed by atoms with Gasteiger partial charge in [-0.3, -0.25) is 9.59 Å². The summed E-state index contributed by atoms with van der Waals surface area (Å²) in [6.07, 6.45) is 6.65. The average molecular weight is 444 g/mol. The standard InChI is InChI=1S/C22H22ClN3O5/c1-4-11-31-21-18(23)12-15(13-19(21)30-3)14-25-26-20(27)9-10-24-22(28)16-5-7-17(29-2)8-6-16/h1,5-8,12-14H,9-11H2,2-3H3,(H,24,28)(H,26,27). The lowest BCUT2D eigenvalue weighted by Gasteiger charge is -2.11. The first-order valence-corrected chi connectivity index (χ1v) is 9.54. The average Bonchev–Trinajstić information content (AvgIpc) is 2.78. The number of carbonyl (C=O) groups excluding carboxylic acids is 2. The number of ether oxygens (including phenoxy) is 3. The number of carbonyl (C=O) groups is 2. The summed E-state index contributed by atoms with van der Waals surface area (Å²) >= 11 is 6.19. The highest BCUT2D eigenvalue weighted by Crippen LogP contribution is 2.35. The fourth-order valence-electron chi connectivity index (χ4n) is 2.44. The topological polar surface area (TPSA) is 98.2 Å². The number of nitrogens with one attached hydrogen (secondary N) is 2. The minimum absolute atomic E-state index is 0.0502. The quantitative estimate of drug-likeness (QED) is 0.334. The van der Waals surface area contributed by atoms with Crippen LogP contribution in [0.1, 0.15) is 22.3 Å². The first kappa shape index (κ1) is 23.6. The maximum atomic E-state index is 12.1. The Balaban J connectivity index is 1.83. The highest BCUT2D eigenvalue weighted by atomic mass is 35.5. The molecule has 2 aromatic carbocycles. The molecule has 0 aromatic heterocycles. The number of amides is 2. The fourth-order valence-corrected chi connectivity index (χ4v) is 2.71. The van der Waals surface area contributed by atoms with Crippen LogP contribution in [0.25, 0.3) is 0 Å². The fraction of sp³-hybridized carbons (Fsp3) is 0.227. The molecular formula is C22H22ClN3O5. The number of hydrogen-bond acceptors (Lipinski definition) is 6. The van der Waals surface area contributed by atoms with Gasteiger partial charge in [0.25, 0.3) is 5.91 Å². The molecule has 0 atom stereocenters. The van der Waals surface area contributed by atoms with Crippen molar-refractivity contribution in [3.8, 4) is 29.6 Å². The lowest BCUT2D eigenvalue weighted by molar-refractivity contribution is -0.120. The number of hydrogen-bond donors (Lipinski definition) is 2. The van der Waals surface area contributed by atoms with Crippen LogP contribution in [0.15, 0.2) is 41.5 Å². The second kappa shape index (κ2) is 12.1. The van der Waals surface area contributed by atoms with Crippen LogP contribution < -0.4 is 25.0 Å². The van der Waals surface area contributed by atoms with E-state index in [-0.39, 0.29) is 31.4 Å². The molecule has 8 nitrogen and oxygen atoms in total. The summed E-state index contributed by atoms with van der Waals surface area (Å²) in [5, 5.41) is 6.85. The Morgan fingerprint density at radius 3 is 2.58 bits per heavy atom. The van der Waals surface area contributed by atoms with Crippen LogP contribution in [-0.4, -0.2) is 45.4 Å². The van der Waals surface area contributed by atoms with Gasteiger partial charge in [0.1, 0.15) is 12.4 Å². The summed E-state index contributed by atoms with van der Waals surface area (Å²) in [5.74, 6) is 3.08. The van der Waals surface area contributed by atoms with Crippen LogP contribution >= 0.6 is 11.6 Å². The second-order valence-electron chi connectivity index (χ2n) is 6.05. The first-order valence-electron chi connectivity index (χ1n) is 9.16. The van der Waals surface area contributed by atoms with E-state index in [0.29, 0.717) is 33.4 Å². The Hall–Kier alpha value is -3.70. The summed E-state index contributed by atoms with van der Waals surface area (Å²) in [6.45, 7) is 0.210. The number of terminal acetylenes is 1. The molecule has 0 spiro atoms. The molecule has 0 radical (unpaired) electrons. The molecule has 0 unspecified atom stereocenters. The molecule has 0 aliphatic rings. The van der Waals surface area contributed by atoms with E-state index < -0.39 is 0 Å². The second-order valence-corrected chi connectivity index (χ2v) is 6.46. The van der Waals surface area contributed by atoms with Crippen LogP contribution in [0.4, 0.5) is 0 Å². The third kappa shape index (κ3) is 7.24. The van der Waals surface area contributed by atoms with E-state index in [1.807, 2.05) is 0 Å². The van der Waals surface area contributed by atoms with E-state index in [9.17, 15) is 9.59 Å². The van der Waals surface area contributed by atoms with Gasteiger partial charge in [0, 0.05) is 18.5 Å². The van der Waals surface area contributed by atoms with Crippen molar-refractivity contribution in [2.45, 2.75) is 6.42 Å². The van der Waals surface area contributed by atoms with Gasteiger partial charge in [0.05, 0.1) is 25.5 Å². The Kier molecular flexibility index (Phi) is 9.20. The van der Waals surface area contributed by atoms with Gasteiger partial charge in [-0.25, -0.2) is 5.43 Å². The van der Waals surface area contributed by atoms with E-state index in [1.165, 1.54) is 13.3 Å². The van der Waals surface area contributed by atoms with Crippen molar-refractivity contribution >= 4 is 29.6 Å². The van der Waals surface area contributed by atoms with E-state index >= 15 is 0 Å². The van der Waals surface area contributed by atoms with Gasteiger partial charge in [-0.2, -0.15) is 5.10 Å². The zero-order valence-electron chi connectivity index (χ0n) is 17.1. The van der Waals surface area contributed by atoms with E-state index in [2.05, 4.69) is 21.8 Å². The van der Waals surface area contributed by atoms with Crippen LogP contribution in [0.2, 0.25) is 5.02 Å². The number of benzene rings is 2. The Morgan fingerprint density at radius 2 is 1.94 bits per heavy atom. The van der Waals surface area contributed by atoms with Gasteiger partial charge in [0.2, 0.25) is 5.91 Å². The molecule has 0 fully saturated rings. The molecule has 162 valence electrons. The molecule has 31 heavy (non-hydrogen) atoms. The van der Waals surface area contributed by atoms with Crippen LogP contribution in [0.5, 0.6) is 17.2 Å². The van der Waals surface area contributed by atoms with Crippen molar-refractivity contribution < 1.29 is 23.8 Å². The molecule has 2 rings (SSSR count). The van der Waals surface area contributed by atoms with Crippen molar-refractivity contribution in [2.75, 3.05) is 27.4 Å². The zero-order valence-corrected chi connectivity index (χ0v) is 17.9. The highest BCUT2D eigenvalue weighted by Gasteiger charge is 2.11. The molecule has 9 heteroatoms. The Labute approximate surface area is 185 Å². The van der Waals surface area contributed by atoms with E-state index in [1.54, 1.807) is 43.5 Å². The molecule has 2 N–H and O–H groups in total. The number of methoxy groups -OCH3 is 2. The molecule has 2 amide bonds. The molecule has 0 saturated heterocycles. The minimum Gasteiger partial charge on any atom is -0.497 e. The smallest absolute Gasteiger partial charge is 0.251 e. The summed E-state index contributed by atoms with van der Waals surface area (Å²) in [4.78, 5) is 24.0. The van der Waals surface area contributed by atoms with Crippen molar-refractivity contribution in [3.05, 3.63) is 52.5 Å². The van der Waals surface area contributed by atoms with Gasteiger partial charge >= 0.3 is 0 Å².